The van der Waals surface area contributed by atoms with Crippen LogP contribution in [0.15, 0.2) is 47.6 Å². The molecule has 2 aromatic heterocycles. The zero-order valence-electron chi connectivity index (χ0n) is 14.5. The molecule has 0 bridgehead atoms. The minimum atomic E-state index is 0.284. The van der Waals surface area contributed by atoms with Crippen molar-refractivity contribution in [3.05, 3.63) is 54.0 Å². The number of nitrogens with zero attached hydrogens (tertiary/aromatic N) is 4. The van der Waals surface area contributed by atoms with Crippen LogP contribution in [-0.2, 0) is 13.0 Å². The maximum Gasteiger partial charge on any atom is 0.231 e. The van der Waals surface area contributed by atoms with Gasteiger partial charge < -0.3 is 20.1 Å². The first-order chi connectivity index (χ1) is 12.8. The van der Waals surface area contributed by atoms with Crippen LogP contribution < -0.4 is 20.1 Å². The smallest absolute Gasteiger partial charge is 0.231 e. The Balaban J connectivity index is 1.29. The van der Waals surface area contributed by atoms with Crippen molar-refractivity contribution in [2.75, 3.05) is 20.4 Å². The molecule has 26 heavy (non-hydrogen) atoms. The maximum atomic E-state index is 5.40. The number of hydrogen-bond donors (Lipinski definition) is 2. The molecule has 134 valence electrons. The van der Waals surface area contributed by atoms with E-state index in [4.69, 9.17) is 9.47 Å². The van der Waals surface area contributed by atoms with E-state index in [0.717, 1.165) is 40.9 Å². The Labute approximate surface area is 150 Å². The Hall–Kier alpha value is -3.29. The van der Waals surface area contributed by atoms with Gasteiger partial charge in [0.05, 0.1) is 0 Å². The number of fused-ring (bicyclic) bond motifs is 2. The van der Waals surface area contributed by atoms with Gasteiger partial charge in [-0.1, -0.05) is 12.1 Å². The average molecular weight is 352 g/mol. The van der Waals surface area contributed by atoms with E-state index in [1.165, 1.54) is 0 Å². The highest BCUT2D eigenvalue weighted by atomic mass is 16.7. The topological polar surface area (TPSA) is 85.1 Å². The standard InChI is InChI=1S/C18H20N6O2/c1-19-18(21-11-13-5-6-14-15(10-13)26-12-25-14)20-8-7-17-23-22-16-4-2-3-9-24(16)17/h2-6,9-10H,7-8,11-12H2,1H3,(H2,19,20,21). The highest BCUT2D eigenvalue weighted by Gasteiger charge is 2.13. The molecule has 1 aromatic carbocycles. The van der Waals surface area contributed by atoms with Crippen molar-refractivity contribution in [3.8, 4) is 11.5 Å². The second-order valence-electron chi connectivity index (χ2n) is 5.84. The number of hydrogen-bond acceptors (Lipinski definition) is 5. The summed E-state index contributed by atoms with van der Waals surface area (Å²) >= 11 is 0. The first kappa shape index (κ1) is 16.2. The van der Waals surface area contributed by atoms with Crippen molar-refractivity contribution in [1.29, 1.82) is 0 Å². The largest absolute Gasteiger partial charge is 0.454 e. The van der Waals surface area contributed by atoms with Crippen LogP contribution in [0.5, 0.6) is 11.5 Å². The molecular weight excluding hydrogens is 332 g/mol. The predicted molar refractivity (Wildman–Crippen MR) is 97.5 cm³/mol. The highest BCUT2D eigenvalue weighted by Crippen LogP contribution is 2.32. The van der Waals surface area contributed by atoms with E-state index in [2.05, 4.69) is 25.8 Å². The van der Waals surface area contributed by atoms with Crippen molar-refractivity contribution in [1.82, 2.24) is 25.2 Å². The van der Waals surface area contributed by atoms with Gasteiger partial charge in [-0.05, 0) is 29.8 Å². The van der Waals surface area contributed by atoms with Crippen molar-refractivity contribution in [3.63, 3.8) is 0 Å². The second kappa shape index (κ2) is 7.30. The van der Waals surface area contributed by atoms with E-state index in [0.29, 0.717) is 13.1 Å². The molecule has 3 aromatic rings. The number of guanidine groups is 1. The molecule has 0 unspecified atom stereocenters. The van der Waals surface area contributed by atoms with Gasteiger partial charge in [0.15, 0.2) is 23.1 Å². The third-order valence-corrected chi connectivity index (χ3v) is 4.15. The third kappa shape index (κ3) is 3.39. The van der Waals surface area contributed by atoms with Crippen molar-refractivity contribution in [2.24, 2.45) is 4.99 Å². The van der Waals surface area contributed by atoms with Gasteiger partial charge in [-0.3, -0.25) is 9.39 Å². The van der Waals surface area contributed by atoms with Gasteiger partial charge >= 0.3 is 0 Å². The van der Waals surface area contributed by atoms with Crippen molar-refractivity contribution >= 4 is 11.6 Å². The van der Waals surface area contributed by atoms with Crippen molar-refractivity contribution < 1.29 is 9.47 Å². The lowest BCUT2D eigenvalue weighted by Crippen LogP contribution is -2.38. The molecule has 0 radical (unpaired) electrons. The fraction of sp³-hybridized carbons (Fsp3) is 0.278. The monoisotopic (exact) mass is 352 g/mol. The molecule has 0 aliphatic carbocycles. The second-order valence-corrected chi connectivity index (χ2v) is 5.84. The number of benzene rings is 1. The summed E-state index contributed by atoms with van der Waals surface area (Å²) < 4.78 is 12.7. The number of ether oxygens (including phenoxy) is 2. The molecule has 1 aliphatic rings. The number of rotatable bonds is 5. The third-order valence-electron chi connectivity index (χ3n) is 4.15. The molecule has 4 rings (SSSR count). The first-order valence-electron chi connectivity index (χ1n) is 8.45. The first-order valence-corrected chi connectivity index (χ1v) is 8.45. The Morgan fingerprint density at radius 1 is 1.15 bits per heavy atom. The van der Waals surface area contributed by atoms with Gasteiger partial charge in [-0.15, -0.1) is 10.2 Å². The summed E-state index contributed by atoms with van der Waals surface area (Å²) in [5.41, 5.74) is 1.95. The maximum absolute atomic E-state index is 5.40. The molecule has 0 spiro atoms. The number of aromatic nitrogens is 3. The van der Waals surface area contributed by atoms with Crippen LogP contribution in [0.4, 0.5) is 0 Å². The molecule has 2 N–H and O–H groups in total. The SMILES string of the molecule is CN=C(NCCc1nnc2ccccn12)NCc1ccc2c(c1)OCO2. The predicted octanol–water partition coefficient (Wildman–Crippen LogP) is 1.37. The molecule has 8 heteroatoms. The molecule has 8 nitrogen and oxygen atoms in total. The summed E-state index contributed by atoms with van der Waals surface area (Å²) in [6.45, 7) is 1.63. The summed E-state index contributed by atoms with van der Waals surface area (Å²) in [6.07, 6.45) is 2.72. The van der Waals surface area contributed by atoms with E-state index in [1.807, 2.05) is 47.0 Å². The average Bonchev–Trinajstić information content (AvgIpc) is 3.31. The van der Waals surface area contributed by atoms with Gasteiger partial charge in [0.1, 0.15) is 5.82 Å². The lowest BCUT2D eigenvalue weighted by Gasteiger charge is -2.12. The van der Waals surface area contributed by atoms with E-state index in [-0.39, 0.29) is 6.79 Å². The number of pyridine rings is 1. The quantitative estimate of drug-likeness (QED) is 0.533. The van der Waals surface area contributed by atoms with E-state index in [9.17, 15) is 0 Å². The fourth-order valence-electron chi connectivity index (χ4n) is 2.81. The zero-order chi connectivity index (χ0) is 17.8. The van der Waals surface area contributed by atoms with Crippen LogP contribution in [-0.4, -0.2) is 40.9 Å². The molecule has 0 saturated heterocycles. The van der Waals surface area contributed by atoms with Gasteiger partial charge in [0, 0.05) is 32.8 Å². The van der Waals surface area contributed by atoms with Gasteiger partial charge in [0.2, 0.25) is 6.79 Å². The summed E-state index contributed by atoms with van der Waals surface area (Å²) in [5, 5.41) is 15.0. The lowest BCUT2D eigenvalue weighted by atomic mass is 10.2. The Morgan fingerprint density at radius 3 is 3.00 bits per heavy atom. The highest BCUT2D eigenvalue weighted by molar-refractivity contribution is 5.79. The van der Waals surface area contributed by atoms with E-state index in [1.54, 1.807) is 7.05 Å². The summed E-state index contributed by atoms with van der Waals surface area (Å²) in [6, 6.07) is 11.8. The number of nitrogens with one attached hydrogen (secondary N) is 2. The lowest BCUT2D eigenvalue weighted by molar-refractivity contribution is 0.174. The van der Waals surface area contributed by atoms with Gasteiger partial charge in [-0.2, -0.15) is 0 Å². The molecule has 0 fully saturated rings. The minimum absolute atomic E-state index is 0.284. The molecule has 0 saturated carbocycles. The Kier molecular flexibility index (Phi) is 4.55. The van der Waals surface area contributed by atoms with Crippen LogP contribution in [0.25, 0.3) is 5.65 Å². The Morgan fingerprint density at radius 2 is 2.08 bits per heavy atom. The molecule has 0 amide bonds. The van der Waals surface area contributed by atoms with Crippen LogP contribution in [0.1, 0.15) is 11.4 Å². The fourth-order valence-corrected chi connectivity index (χ4v) is 2.81. The molecule has 3 heterocycles. The molecular formula is C18H20N6O2. The van der Waals surface area contributed by atoms with Crippen molar-refractivity contribution in [2.45, 2.75) is 13.0 Å². The van der Waals surface area contributed by atoms with Gasteiger partial charge in [-0.25, -0.2) is 0 Å². The Bertz CT molecular complexity index is 936. The zero-order valence-corrected chi connectivity index (χ0v) is 14.5. The van der Waals surface area contributed by atoms with E-state index >= 15 is 0 Å². The van der Waals surface area contributed by atoms with E-state index < -0.39 is 0 Å². The van der Waals surface area contributed by atoms with Gasteiger partial charge in [0.25, 0.3) is 0 Å². The summed E-state index contributed by atoms with van der Waals surface area (Å²) in [4.78, 5) is 4.25. The van der Waals surface area contributed by atoms with Crippen LogP contribution >= 0.6 is 0 Å². The minimum Gasteiger partial charge on any atom is -0.454 e. The molecule has 0 atom stereocenters. The van der Waals surface area contributed by atoms with Crippen LogP contribution in [0.2, 0.25) is 0 Å². The summed E-state index contributed by atoms with van der Waals surface area (Å²) in [5.74, 6) is 3.22. The molecule has 1 aliphatic heterocycles. The van der Waals surface area contributed by atoms with Crippen LogP contribution in [0.3, 0.4) is 0 Å². The van der Waals surface area contributed by atoms with Crippen LogP contribution in [0, 0.1) is 0 Å². The normalized spacial score (nSPS) is 13.2. The summed E-state index contributed by atoms with van der Waals surface area (Å²) in [7, 11) is 1.75. The number of aliphatic imine (C=N–C) groups is 1.